The molecule has 0 saturated carbocycles. The fourth-order valence-corrected chi connectivity index (χ4v) is 3.19. The molecule has 0 unspecified atom stereocenters. The zero-order valence-corrected chi connectivity index (χ0v) is 15.0. The summed E-state index contributed by atoms with van der Waals surface area (Å²) in [4.78, 5) is 28.9. The fraction of sp³-hybridized carbons (Fsp3) is 0.105. The number of benzene rings is 2. The molecule has 8 heteroatoms. The van der Waals surface area contributed by atoms with Gasteiger partial charge >= 0.3 is 0 Å². The molecule has 4 rings (SSSR count). The van der Waals surface area contributed by atoms with Crippen molar-refractivity contribution < 1.29 is 4.79 Å². The third kappa shape index (κ3) is 3.75. The standard InChI is InChI=1S/C19H15N5O2S/c25-18-11-16(13-4-2-1-3-5-13)21-12-24(18)9-8-20-19(26)14-6-7-15-17(10-14)23-27-22-15/h1-7,10-12H,8-9H2,(H,20,26). The first-order valence-electron chi connectivity index (χ1n) is 8.33. The van der Waals surface area contributed by atoms with Crippen molar-refractivity contribution in [1.29, 1.82) is 0 Å². The highest BCUT2D eigenvalue weighted by Crippen LogP contribution is 2.14. The van der Waals surface area contributed by atoms with E-state index in [1.54, 1.807) is 18.2 Å². The molecule has 2 aromatic carbocycles. The lowest BCUT2D eigenvalue weighted by Crippen LogP contribution is -2.30. The molecule has 2 heterocycles. The monoisotopic (exact) mass is 377 g/mol. The van der Waals surface area contributed by atoms with Crippen molar-refractivity contribution in [1.82, 2.24) is 23.6 Å². The van der Waals surface area contributed by atoms with Crippen LogP contribution in [0.2, 0.25) is 0 Å². The second kappa shape index (κ2) is 7.46. The van der Waals surface area contributed by atoms with Crippen LogP contribution in [0.15, 0.2) is 65.7 Å². The van der Waals surface area contributed by atoms with Crippen LogP contribution in [0, 0.1) is 0 Å². The zero-order valence-electron chi connectivity index (χ0n) is 14.2. The molecule has 4 aromatic rings. The van der Waals surface area contributed by atoms with Crippen molar-refractivity contribution in [3.05, 3.63) is 76.8 Å². The fourth-order valence-electron chi connectivity index (χ4n) is 2.68. The molecule has 0 fully saturated rings. The van der Waals surface area contributed by atoms with Crippen molar-refractivity contribution in [3.8, 4) is 11.3 Å². The van der Waals surface area contributed by atoms with E-state index in [4.69, 9.17) is 0 Å². The van der Waals surface area contributed by atoms with Crippen LogP contribution < -0.4 is 10.9 Å². The predicted octanol–water partition coefficient (Wildman–Crippen LogP) is 2.34. The molecule has 134 valence electrons. The lowest BCUT2D eigenvalue weighted by Gasteiger charge is -2.08. The van der Waals surface area contributed by atoms with Gasteiger partial charge in [0.05, 0.1) is 23.7 Å². The minimum absolute atomic E-state index is 0.159. The molecule has 0 atom stereocenters. The van der Waals surface area contributed by atoms with E-state index in [9.17, 15) is 9.59 Å². The van der Waals surface area contributed by atoms with Gasteiger partial charge in [0.15, 0.2) is 0 Å². The summed E-state index contributed by atoms with van der Waals surface area (Å²) >= 11 is 1.11. The van der Waals surface area contributed by atoms with E-state index in [-0.39, 0.29) is 11.5 Å². The minimum Gasteiger partial charge on any atom is -0.350 e. The molecule has 0 aliphatic heterocycles. The van der Waals surface area contributed by atoms with Gasteiger partial charge < -0.3 is 5.32 Å². The van der Waals surface area contributed by atoms with Gasteiger partial charge in [-0.15, -0.1) is 0 Å². The Bertz CT molecular complexity index is 1150. The van der Waals surface area contributed by atoms with Gasteiger partial charge in [0.2, 0.25) is 0 Å². The summed E-state index contributed by atoms with van der Waals surface area (Å²) in [5, 5.41) is 2.81. The van der Waals surface area contributed by atoms with E-state index in [0.29, 0.717) is 29.9 Å². The van der Waals surface area contributed by atoms with E-state index in [1.807, 2.05) is 30.3 Å². The van der Waals surface area contributed by atoms with Crippen molar-refractivity contribution in [3.63, 3.8) is 0 Å². The molecule has 27 heavy (non-hydrogen) atoms. The largest absolute Gasteiger partial charge is 0.350 e. The summed E-state index contributed by atoms with van der Waals surface area (Å²) in [6.07, 6.45) is 1.50. The minimum atomic E-state index is -0.216. The number of nitrogens with one attached hydrogen (secondary N) is 1. The Hall–Kier alpha value is -3.39. The topological polar surface area (TPSA) is 89.8 Å². The third-order valence-electron chi connectivity index (χ3n) is 4.10. The zero-order chi connectivity index (χ0) is 18.6. The first-order valence-corrected chi connectivity index (χ1v) is 9.06. The van der Waals surface area contributed by atoms with Crippen LogP contribution in [-0.2, 0) is 6.54 Å². The molecule has 0 spiro atoms. The second-order valence-corrected chi connectivity index (χ2v) is 6.42. The average molecular weight is 377 g/mol. The maximum atomic E-state index is 12.3. The summed E-state index contributed by atoms with van der Waals surface area (Å²) in [5.74, 6) is -0.216. The predicted molar refractivity (Wildman–Crippen MR) is 104 cm³/mol. The number of rotatable bonds is 5. The summed E-state index contributed by atoms with van der Waals surface area (Å²) in [6, 6.07) is 16.2. The summed E-state index contributed by atoms with van der Waals surface area (Å²) < 4.78 is 9.72. The number of hydrogen-bond acceptors (Lipinski definition) is 6. The van der Waals surface area contributed by atoms with Gasteiger partial charge in [0, 0.05) is 30.3 Å². The normalized spacial score (nSPS) is 10.8. The Morgan fingerprint density at radius 3 is 2.67 bits per heavy atom. The molecule has 1 amide bonds. The number of fused-ring (bicyclic) bond motifs is 1. The van der Waals surface area contributed by atoms with Crippen molar-refractivity contribution in [2.45, 2.75) is 6.54 Å². The molecular formula is C19H15N5O2S. The highest BCUT2D eigenvalue weighted by atomic mass is 32.1. The van der Waals surface area contributed by atoms with E-state index >= 15 is 0 Å². The van der Waals surface area contributed by atoms with Crippen LogP contribution in [0.4, 0.5) is 0 Å². The van der Waals surface area contributed by atoms with Crippen molar-refractivity contribution in [2.24, 2.45) is 0 Å². The molecule has 0 aliphatic carbocycles. The first-order chi connectivity index (χ1) is 13.2. The summed E-state index contributed by atoms with van der Waals surface area (Å²) in [7, 11) is 0. The maximum Gasteiger partial charge on any atom is 0.253 e. The Morgan fingerprint density at radius 1 is 1.04 bits per heavy atom. The number of carbonyl (C=O) groups excluding carboxylic acids is 1. The lowest BCUT2D eigenvalue weighted by molar-refractivity contribution is 0.0952. The molecule has 0 bridgehead atoms. The maximum absolute atomic E-state index is 12.3. The number of carbonyl (C=O) groups is 1. The highest BCUT2D eigenvalue weighted by Gasteiger charge is 2.08. The van der Waals surface area contributed by atoms with Gasteiger partial charge in [-0.05, 0) is 18.2 Å². The smallest absolute Gasteiger partial charge is 0.253 e. The molecular weight excluding hydrogens is 362 g/mol. The van der Waals surface area contributed by atoms with Crippen LogP contribution in [0.25, 0.3) is 22.3 Å². The Morgan fingerprint density at radius 2 is 1.85 bits per heavy atom. The highest BCUT2D eigenvalue weighted by molar-refractivity contribution is 7.00. The van der Waals surface area contributed by atoms with Gasteiger partial charge in [-0.2, -0.15) is 8.75 Å². The molecule has 2 aromatic heterocycles. The van der Waals surface area contributed by atoms with Crippen LogP contribution in [0.3, 0.4) is 0 Å². The van der Waals surface area contributed by atoms with Gasteiger partial charge in [-0.1, -0.05) is 30.3 Å². The van der Waals surface area contributed by atoms with Gasteiger partial charge in [-0.3, -0.25) is 14.2 Å². The van der Waals surface area contributed by atoms with Crippen LogP contribution in [0.1, 0.15) is 10.4 Å². The lowest BCUT2D eigenvalue weighted by atomic mass is 10.1. The summed E-state index contributed by atoms with van der Waals surface area (Å²) in [6.45, 7) is 0.658. The SMILES string of the molecule is O=C(NCCn1cnc(-c2ccccc2)cc1=O)c1ccc2nsnc2c1. The Labute approximate surface area is 158 Å². The van der Waals surface area contributed by atoms with Gasteiger partial charge in [0.25, 0.3) is 11.5 Å². The molecule has 7 nitrogen and oxygen atoms in total. The van der Waals surface area contributed by atoms with E-state index in [1.165, 1.54) is 17.0 Å². The van der Waals surface area contributed by atoms with Gasteiger partial charge in [-0.25, -0.2) is 4.98 Å². The Kier molecular flexibility index (Phi) is 4.71. The average Bonchev–Trinajstić information content (AvgIpc) is 3.17. The number of amides is 1. The van der Waals surface area contributed by atoms with E-state index in [2.05, 4.69) is 19.0 Å². The van der Waals surface area contributed by atoms with Crippen molar-refractivity contribution >= 4 is 28.7 Å². The third-order valence-corrected chi connectivity index (χ3v) is 4.66. The number of aromatic nitrogens is 4. The summed E-state index contributed by atoms with van der Waals surface area (Å²) in [5.41, 5.74) is 3.35. The van der Waals surface area contributed by atoms with E-state index < -0.39 is 0 Å². The quantitative estimate of drug-likeness (QED) is 0.577. The molecule has 1 N–H and O–H groups in total. The second-order valence-electron chi connectivity index (χ2n) is 5.90. The van der Waals surface area contributed by atoms with Crippen molar-refractivity contribution in [2.75, 3.05) is 6.54 Å². The van der Waals surface area contributed by atoms with Gasteiger partial charge in [0.1, 0.15) is 11.0 Å². The molecule has 0 aliphatic rings. The first kappa shape index (κ1) is 17.0. The van der Waals surface area contributed by atoms with Crippen LogP contribution >= 0.6 is 11.7 Å². The Balaban J connectivity index is 1.40. The molecule has 0 radical (unpaired) electrons. The van der Waals surface area contributed by atoms with Crippen LogP contribution in [0.5, 0.6) is 0 Å². The van der Waals surface area contributed by atoms with E-state index in [0.717, 1.165) is 22.8 Å². The number of hydrogen-bond donors (Lipinski definition) is 1. The molecule has 0 saturated heterocycles. The number of nitrogens with zero attached hydrogens (tertiary/aromatic N) is 4. The van der Waals surface area contributed by atoms with Crippen LogP contribution in [-0.4, -0.2) is 30.8 Å².